The van der Waals surface area contributed by atoms with Crippen LogP contribution in [0.3, 0.4) is 0 Å². The molecule has 0 unspecified atom stereocenters. The molecule has 0 aliphatic rings. The quantitative estimate of drug-likeness (QED) is 0.880. The molecule has 1 amide bonds. The van der Waals surface area contributed by atoms with E-state index in [0.29, 0.717) is 12.2 Å². The highest BCUT2D eigenvalue weighted by molar-refractivity contribution is 7.11. The molecule has 0 radical (unpaired) electrons. The minimum atomic E-state index is -0.237. The maximum Gasteiger partial charge on any atom is 0.274 e. The van der Waals surface area contributed by atoms with Gasteiger partial charge in [-0.3, -0.25) is 9.48 Å². The molecule has 6 heteroatoms. The lowest BCUT2D eigenvalue weighted by Gasteiger charge is -2.01. The second-order valence-electron chi connectivity index (χ2n) is 4.01. The molecule has 2 rings (SSSR count). The Hall–Kier alpha value is -1.82. The Morgan fingerprint density at radius 1 is 1.50 bits per heavy atom. The van der Waals surface area contributed by atoms with Gasteiger partial charge in [0.25, 0.3) is 5.91 Å². The molecule has 0 saturated heterocycles. The second kappa shape index (κ2) is 5.22. The van der Waals surface area contributed by atoms with Gasteiger partial charge < -0.3 is 11.1 Å². The number of nitrogens with one attached hydrogen (secondary N) is 1. The van der Waals surface area contributed by atoms with Crippen molar-refractivity contribution in [1.29, 1.82) is 0 Å². The van der Waals surface area contributed by atoms with E-state index >= 15 is 0 Å². The summed E-state index contributed by atoms with van der Waals surface area (Å²) in [6, 6.07) is 4.12. The zero-order chi connectivity index (χ0) is 13.1. The van der Waals surface area contributed by atoms with E-state index in [1.54, 1.807) is 24.6 Å². The first-order valence-corrected chi connectivity index (χ1v) is 6.56. The number of nitrogens with zero attached hydrogens (tertiary/aromatic N) is 2. The maximum atomic E-state index is 11.9. The van der Waals surface area contributed by atoms with Gasteiger partial charge in [0.05, 0.1) is 12.2 Å². The topological polar surface area (TPSA) is 72.9 Å². The average molecular weight is 264 g/mol. The molecular formula is C12H16N4OS. The van der Waals surface area contributed by atoms with Gasteiger partial charge in [-0.15, -0.1) is 11.3 Å². The molecule has 0 fully saturated rings. The number of aromatic nitrogens is 2. The molecule has 96 valence electrons. The van der Waals surface area contributed by atoms with Crippen LogP contribution in [0.5, 0.6) is 0 Å². The number of rotatable bonds is 4. The van der Waals surface area contributed by atoms with Gasteiger partial charge in [-0.05, 0) is 18.6 Å². The molecule has 0 spiro atoms. The third-order valence-electron chi connectivity index (χ3n) is 2.56. The first kappa shape index (κ1) is 12.6. The van der Waals surface area contributed by atoms with Crippen molar-refractivity contribution in [3.8, 4) is 0 Å². The van der Waals surface area contributed by atoms with Gasteiger partial charge in [0.2, 0.25) is 0 Å². The zero-order valence-corrected chi connectivity index (χ0v) is 11.3. The fraction of sp³-hybridized carbons (Fsp3) is 0.333. The largest absolute Gasteiger partial charge is 0.396 e. The molecule has 3 N–H and O–H groups in total. The van der Waals surface area contributed by atoms with Gasteiger partial charge in [0.15, 0.2) is 5.69 Å². The van der Waals surface area contributed by atoms with Crippen LogP contribution in [0.2, 0.25) is 0 Å². The lowest BCUT2D eigenvalue weighted by molar-refractivity contribution is 0.0946. The summed E-state index contributed by atoms with van der Waals surface area (Å²) in [5.41, 5.74) is 6.38. The normalized spacial score (nSPS) is 10.6. The molecule has 0 aromatic carbocycles. The molecule has 0 atom stereocenters. The monoisotopic (exact) mass is 264 g/mol. The van der Waals surface area contributed by atoms with Crippen LogP contribution in [0.25, 0.3) is 0 Å². The second-order valence-corrected chi connectivity index (χ2v) is 5.26. The lowest BCUT2D eigenvalue weighted by Crippen LogP contribution is -2.23. The van der Waals surface area contributed by atoms with Crippen LogP contribution in [0.4, 0.5) is 5.69 Å². The zero-order valence-electron chi connectivity index (χ0n) is 10.4. The molecule has 0 saturated carbocycles. The van der Waals surface area contributed by atoms with E-state index in [-0.39, 0.29) is 11.6 Å². The Morgan fingerprint density at radius 3 is 2.78 bits per heavy atom. The van der Waals surface area contributed by atoms with Crippen molar-refractivity contribution in [3.05, 3.63) is 33.8 Å². The van der Waals surface area contributed by atoms with Crippen molar-refractivity contribution in [1.82, 2.24) is 15.1 Å². The summed E-state index contributed by atoms with van der Waals surface area (Å²) < 4.78 is 1.53. The van der Waals surface area contributed by atoms with Crippen LogP contribution in [0.15, 0.2) is 18.3 Å². The van der Waals surface area contributed by atoms with Crippen LogP contribution >= 0.6 is 11.3 Å². The number of carbonyl (C=O) groups is 1. The molecular weight excluding hydrogens is 248 g/mol. The Balaban J connectivity index is 1.98. The Kier molecular flexibility index (Phi) is 3.66. The van der Waals surface area contributed by atoms with Gasteiger partial charge in [-0.1, -0.05) is 6.92 Å². The Bertz CT molecular complexity index is 558. The molecule has 5 nitrogen and oxygen atoms in total. The van der Waals surface area contributed by atoms with Crippen molar-refractivity contribution in [2.24, 2.45) is 7.05 Å². The summed E-state index contributed by atoms with van der Waals surface area (Å²) in [5.74, 6) is -0.237. The van der Waals surface area contributed by atoms with Crippen LogP contribution < -0.4 is 11.1 Å². The summed E-state index contributed by atoms with van der Waals surface area (Å²) in [4.78, 5) is 14.3. The minimum absolute atomic E-state index is 0.237. The fourth-order valence-corrected chi connectivity index (χ4v) is 2.54. The number of nitrogens with two attached hydrogens (primary N) is 1. The van der Waals surface area contributed by atoms with Gasteiger partial charge >= 0.3 is 0 Å². The van der Waals surface area contributed by atoms with Crippen molar-refractivity contribution in [2.45, 2.75) is 19.9 Å². The Labute approximate surface area is 110 Å². The summed E-state index contributed by atoms with van der Waals surface area (Å²) in [6.45, 7) is 2.63. The molecule has 2 aromatic heterocycles. The summed E-state index contributed by atoms with van der Waals surface area (Å²) in [5, 5.41) is 6.85. The summed E-state index contributed by atoms with van der Waals surface area (Å²) in [7, 11) is 1.74. The van der Waals surface area contributed by atoms with E-state index in [0.717, 1.165) is 11.3 Å². The van der Waals surface area contributed by atoms with Crippen LogP contribution in [-0.2, 0) is 20.0 Å². The number of hydrogen-bond acceptors (Lipinski definition) is 4. The van der Waals surface area contributed by atoms with Gasteiger partial charge in [0, 0.05) is 23.0 Å². The molecule has 0 bridgehead atoms. The predicted octanol–water partition coefficient (Wildman–Crippen LogP) is 1.56. The highest BCUT2D eigenvalue weighted by Crippen LogP contribution is 2.17. The van der Waals surface area contributed by atoms with Crippen molar-refractivity contribution >= 4 is 22.9 Å². The molecule has 0 aliphatic carbocycles. The van der Waals surface area contributed by atoms with Crippen molar-refractivity contribution in [3.63, 3.8) is 0 Å². The fourth-order valence-electron chi connectivity index (χ4n) is 1.64. The number of nitrogen functional groups attached to an aromatic ring is 1. The van der Waals surface area contributed by atoms with Crippen molar-refractivity contribution < 1.29 is 4.79 Å². The van der Waals surface area contributed by atoms with E-state index in [2.05, 4.69) is 23.4 Å². The standard InChI is InChI=1S/C12H16N4OS/c1-3-8-4-5-9(18-8)6-14-12(17)11-10(13)7-16(2)15-11/h4-5,7H,3,6,13H2,1-2H3,(H,14,17). The smallest absolute Gasteiger partial charge is 0.274 e. The number of anilines is 1. The van der Waals surface area contributed by atoms with E-state index < -0.39 is 0 Å². The Morgan fingerprint density at radius 2 is 2.22 bits per heavy atom. The molecule has 2 aromatic rings. The number of aryl methyl sites for hydroxylation is 2. The van der Waals surface area contributed by atoms with Gasteiger partial charge in [-0.2, -0.15) is 5.10 Å². The molecule has 2 heterocycles. The van der Waals surface area contributed by atoms with E-state index in [1.165, 1.54) is 9.56 Å². The molecule has 0 aliphatic heterocycles. The first-order valence-electron chi connectivity index (χ1n) is 5.75. The third kappa shape index (κ3) is 2.70. The number of carbonyl (C=O) groups excluding carboxylic acids is 1. The minimum Gasteiger partial charge on any atom is -0.396 e. The highest BCUT2D eigenvalue weighted by atomic mass is 32.1. The van der Waals surface area contributed by atoms with E-state index in [9.17, 15) is 4.79 Å². The van der Waals surface area contributed by atoms with Crippen LogP contribution in [0, 0.1) is 0 Å². The summed E-state index contributed by atoms with van der Waals surface area (Å²) in [6.07, 6.45) is 2.64. The lowest BCUT2D eigenvalue weighted by atomic mass is 10.3. The van der Waals surface area contributed by atoms with Gasteiger partial charge in [0.1, 0.15) is 0 Å². The van der Waals surface area contributed by atoms with Crippen molar-refractivity contribution in [2.75, 3.05) is 5.73 Å². The van der Waals surface area contributed by atoms with Crippen LogP contribution in [-0.4, -0.2) is 15.7 Å². The highest BCUT2D eigenvalue weighted by Gasteiger charge is 2.13. The predicted molar refractivity (Wildman–Crippen MR) is 72.5 cm³/mol. The summed E-state index contributed by atoms with van der Waals surface area (Å²) >= 11 is 1.71. The van der Waals surface area contributed by atoms with E-state index in [4.69, 9.17) is 5.73 Å². The SMILES string of the molecule is CCc1ccc(CNC(=O)c2nn(C)cc2N)s1. The number of amides is 1. The third-order valence-corrected chi connectivity index (χ3v) is 3.79. The van der Waals surface area contributed by atoms with Gasteiger partial charge in [-0.25, -0.2) is 0 Å². The average Bonchev–Trinajstić information content (AvgIpc) is 2.92. The van der Waals surface area contributed by atoms with E-state index in [1.807, 2.05) is 6.07 Å². The first-order chi connectivity index (χ1) is 8.60. The maximum absolute atomic E-state index is 11.9. The number of thiophene rings is 1. The number of hydrogen-bond donors (Lipinski definition) is 2. The van der Waals surface area contributed by atoms with Crippen LogP contribution in [0.1, 0.15) is 27.2 Å². The molecule has 18 heavy (non-hydrogen) atoms.